The van der Waals surface area contributed by atoms with Gasteiger partial charge in [0, 0.05) is 12.6 Å². The Morgan fingerprint density at radius 3 is 2.52 bits per heavy atom. The van der Waals surface area contributed by atoms with Crippen molar-refractivity contribution in [2.24, 2.45) is 0 Å². The summed E-state index contributed by atoms with van der Waals surface area (Å²) in [5, 5.41) is 3.05. The van der Waals surface area contributed by atoms with Crippen LogP contribution < -0.4 is 14.4 Å². The molecule has 0 spiro atoms. The zero-order valence-electron chi connectivity index (χ0n) is 17.8. The SMILES string of the molecule is O=C(C=Cc1ccc(OCc2ccccc2)cc1)Nc1cc(N2CCCS2(=O)=O)ccc1Cl. The normalized spacial score (nSPS) is 15.0. The van der Waals surface area contributed by atoms with Crippen molar-refractivity contribution in [1.29, 1.82) is 0 Å². The van der Waals surface area contributed by atoms with Gasteiger partial charge in [-0.25, -0.2) is 8.42 Å². The van der Waals surface area contributed by atoms with Gasteiger partial charge in [0.05, 0.1) is 22.2 Å². The lowest BCUT2D eigenvalue weighted by Crippen LogP contribution is -2.25. The van der Waals surface area contributed by atoms with Gasteiger partial charge in [0.2, 0.25) is 15.9 Å². The van der Waals surface area contributed by atoms with Crippen molar-refractivity contribution < 1.29 is 17.9 Å². The quantitative estimate of drug-likeness (QED) is 0.475. The first kappa shape index (κ1) is 22.9. The molecule has 1 N–H and O–H groups in total. The van der Waals surface area contributed by atoms with Crippen molar-refractivity contribution in [2.45, 2.75) is 13.0 Å². The number of rotatable bonds is 7. The van der Waals surface area contributed by atoms with Crippen LogP contribution in [-0.4, -0.2) is 26.6 Å². The van der Waals surface area contributed by atoms with E-state index in [2.05, 4.69) is 5.32 Å². The Labute approximate surface area is 198 Å². The van der Waals surface area contributed by atoms with E-state index in [0.717, 1.165) is 16.9 Å². The van der Waals surface area contributed by atoms with Crippen molar-refractivity contribution in [3.05, 3.63) is 95.0 Å². The van der Waals surface area contributed by atoms with Crippen molar-refractivity contribution >= 4 is 45.0 Å². The van der Waals surface area contributed by atoms with Gasteiger partial charge in [0.1, 0.15) is 12.4 Å². The first-order valence-corrected chi connectivity index (χ1v) is 12.5. The van der Waals surface area contributed by atoms with Crippen LogP contribution in [0.5, 0.6) is 5.75 Å². The second-order valence-electron chi connectivity index (χ2n) is 7.57. The molecule has 0 bridgehead atoms. The van der Waals surface area contributed by atoms with Gasteiger partial charge in [-0.2, -0.15) is 0 Å². The van der Waals surface area contributed by atoms with E-state index in [4.69, 9.17) is 16.3 Å². The summed E-state index contributed by atoms with van der Waals surface area (Å²) in [6, 6.07) is 22.1. The summed E-state index contributed by atoms with van der Waals surface area (Å²) in [4.78, 5) is 12.4. The topological polar surface area (TPSA) is 75.7 Å². The second-order valence-corrected chi connectivity index (χ2v) is 9.99. The smallest absolute Gasteiger partial charge is 0.248 e. The van der Waals surface area contributed by atoms with Gasteiger partial charge < -0.3 is 10.1 Å². The number of nitrogens with zero attached hydrogens (tertiary/aromatic N) is 1. The molecule has 0 aliphatic carbocycles. The fourth-order valence-electron chi connectivity index (χ4n) is 3.46. The molecule has 1 aliphatic rings. The zero-order valence-corrected chi connectivity index (χ0v) is 19.4. The molecule has 33 heavy (non-hydrogen) atoms. The van der Waals surface area contributed by atoms with E-state index >= 15 is 0 Å². The second kappa shape index (κ2) is 10.1. The molecule has 0 unspecified atom stereocenters. The molecule has 1 saturated heterocycles. The standard InChI is InChI=1S/C25H23ClN2O4S/c26-23-13-10-21(28-15-4-16-33(28,30)31)17-24(23)27-25(29)14-9-19-7-11-22(12-8-19)32-18-20-5-2-1-3-6-20/h1-3,5-14,17H,4,15-16,18H2,(H,27,29). The van der Waals surface area contributed by atoms with Gasteiger partial charge in [-0.15, -0.1) is 0 Å². The van der Waals surface area contributed by atoms with Crippen LogP contribution in [0.1, 0.15) is 17.5 Å². The molecule has 1 amide bonds. The third-order valence-electron chi connectivity index (χ3n) is 5.15. The van der Waals surface area contributed by atoms with Crippen LogP contribution in [0.4, 0.5) is 11.4 Å². The third-order valence-corrected chi connectivity index (χ3v) is 7.35. The van der Waals surface area contributed by atoms with Gasteiger partial charge in [-0.1, -0.05) is 54.1 Å². The minimum Gasteiger partial charge on any atom is -0.489 e. The van der Waals surface area contributed by atoms with Crippen LogP contribution in [-0.2, 0) is 21.4 Å². The van der Waals surface area contributed by atoms with E-state index in [1.807, 2.05) is 54.6 Å². The number of hydrogen-bond donors (Lipinski definition) is 1. The highest BCUT2D eigenvalue weighted by atomic mass is 35.5. The molecule has 170 valence electrons. The van der Waals surface area contributed by atoms with Crippen molar-refractivity contribution in [1.82, 2.24) is 0 Å². The lowest BCUT2D eigenvalue weighted by molar-refractivity contribution is -0.111. The Hall–Kier alpha value is -3.29. The highest BCUT2D eigenvalue weighted by molar-refractivity contribution is 7.93. The lowest BCUT2D eigenvalue weighted by Gasteiger charge is -2.18. The van der Waals surface area contributed by atoms with Crippen LogP contribution in [0.15, 0.2) is 78.9 Å². The van der Waals surface area contributed by atoms with Crippen molar-refractivity contribution in [3.63, 3.8) is 0 Å². The molecule has 0 radical (unpaired) electrons. The number of sulfonamides is 1. The molecular formula is C25H23ClN2O4S. The summed E-state index contributed by atoms with van der Waals surface area (Å²) in [5.74, 6) is 0.486. The predicted molar refractivity (Wildman–Crippen MR) is 132 cm³/mol. The summed E-state index contributed by atoms with van der Waals surface area (Å²) >= 11 is 6.21. The van der Waals surface area contributed by atoms with E-state index in [-0.39, 0.29) is 11.7 Å². The average molecular weight is 483 g/mol. The summed E-state index contributed by atoms with van der Waals surface area (Å²) in [5.41, 5.74) is 2.77. The first-order chi connectivity index (χ1) is 15.9. The summed E-state index contributed by atoms with van der Waals surface area (Å²) in [6.45, 7) is 0.902. The third kappa shape index (κ3) is 5.94. The summed E-state index contributed by atoms with van der Waals surface area (Å²) in [7, 11) is -3.31. The number of amides is 1. The van der Waals surface area contributed by atoms with Crippen LogP contribution in [0.2, 0.25) is 5.02 Å². The lowest BCUT2D eigenvalue weighted by atomic mass is 10.2. The van der Waals surface area contributed by atoms with E-state index in [0.29, 0.717) is 36.0 Å². The molecular weight excluding hydrogens is 460 g/mol. The molecule has 1 fully saturated rings. The number of anilines is 2. The Bertz CT molecular complexity index is 1260. The van der Waals surface area contributed by atoms with Crippen LogP contribution in [0.25, 0.3) is 6.08 Å². The molecule has 1 aliphatic heterocycles. The molecule has 3 aromatic carbocycles. The van der Waals surface area contributed by atoms with E-state index in [1.54, 1.807) is 24.3 Å². The molecule has 6 nitrogen and oxygen atoms in total. The van der Waals surface area contributed by atoms with E-state index in [9.17, 15) is 13.2 Å². The highest BCUT2D eigenvalue weighted by Gasteiger charge is 2.28. The maximum atomic E-state index is 12.4. The molecule has 8 heteroatoms. The Balaban J connectivity index is 1.36. The maximum absolute atomic E-state index is 12.4. The Kier molecular flexibility index (Phi) is 7.01. The first-order valence-electron chi connectivity index (χ1n) is 10.5. The van der Waals surface area contributed by atoms with Gasteiger partial charge in [-0.05, 0) is 54.0 Å². The molecule has 1 heterocycles. The van der Waals surface area contributed by atoms with Crippen molar-refractivity contribution in [3.8, 4) is 5.75 Å². The number of benzene rings is 3. The number of halogens is 1. The van der Waals surface area contributed by atoms with Gasteiger partial charge >= 0.3 is 0 Å². The monoisotopic (exact) mass is 482 g/mol. The largest absolute Gasteiger partial charge is 0.489 e. The fraction of sp³-hybridized carbons (Fsp3) is 0.160. The van der Waals surface area contributed by atoms with E-state index < -0.39 is 10.0 Å². The Morgan fingerprint density at radius 2 is 1.82 bits per heavy atom. The van der Waals surface area contributed by atoms with E-state index in [1.165, 1.54) is 10.4 Å². The number of ether oxygens (including phenoxy) is 1. The average Bonchev–Trinajstić information content (AvgIpc) is 3.18. The molecule has 0 atom stereocenters. The Morgan fingerprint density at radius 1 is 1.06 bits per heavy atom. The molecule has 0 saturated carbocycles. The summed E-state index contributed by atoms with van der Waals surface area (Å²) < 4.78 is 31.4. The fourth-order valence-corrected chi connectivity index (χ4v) is 5.18. The van der Waals surface area contributed by atoms with Gasteiger partial charge in [-0.3, -0.25) is 9.10 Å². The minimum absolute atomic E-state index is 0.121. The molecule has 0 aromatic heterocycles. The number of hydrogen-bond acceptors (Lipinski definition) is 4. The minimum atomic E-state index is -3.31. The molecule has 3 aromatic rings. The van der Waals surface area contributed by atoms with Crippen LogP contribution in [0.3, 0.4) is 0 Å². The van der Waals surface area contributed by atoms with Crippen molar-refractivity contribution in [2.75, 3.05) is 21.9 Å². The zero-order chi connectivity index (χ0) is 23.3. The molecule has 4 rings (SSSR count). The van der Waals surface area contributed by atoms with Gasteiger partial charge in [0.25, 0.3) is 0 Å². The number of nitrogens with one attached hydrogen (secondary N) is 1. The van der Waals surface area contributed by atoms with Gasteiger partial charge in [0.15, 0.2) is 0 Å². The highest BCUT2D eigenvalue weighted by Crippen LogP contribution is 2.31. The predicted octanol–water partition coefficient (Wildman–Crippen LogP) is 5.11. The number of carbonyl (C=O) groups excluding carboxylic acids is 1. The maximum Gasteiger partial charge on any atom is 0.248 e. The number of carbonyl (C=O) groups is 1. The van der Waals surface area contributed by atoms with Crippen LogP contribution in [0, 0.1) is 0 Å². The van der Waals surface area contributed by atoms with Crippen LogP contribution >= 0.6 is 11.6 Å². The summed E-state index contributed by atoms with van der Waals surface area (Å²) in [6.07, 6.45) is 3.65.